The van der Waals surface area contributed by atoms with Crippen LogP contribution in [-0.4, -0.2) is 18.3 Å². The topological polar surface area (TPSA) is 55.5 Å². The molecule has 1 aromatic carbocycles. The molecule has 1 aromatic rings. The fourth-order valence-corrected chi connectivity index (χ4v) is 1.78. The van der Waals surface area contributed by atoms with Gasteiger partial charge in [0.25, 0.3) is 0 Å². The molecule has 3 nitrogen and oxygen atoms in total. The summed E-state index contributed by atoms with van der Waals surface area (Å²) in [6, 6.07) is 7.29. The summed E-state index contributed by atoms with van der Waals surface area (Å²) in [7, 11) is 1.63. The Labute approximate surface area is 102 Å². The molecule has 1 saturated carbocycles. The minimum Gasteiger partial charge on any atom is -0.497 e. The number of methoxy groups -OCH3 is 1. The van der Waals surface area contributed by atoms with Gasteiger partial charge in [0.1, 0.15) is 5.75 Å². The zero-order chi connectivity index (χ0) is 10.8. The largest absolute Gasteiger partial charge is 0.497 e. The van der Waals surface area contributed by atoms with Crippen LogP contribution >= 0.6 is 12.4 Å². The molecule has 2 rings (SSSR count). The van der Waals surface area contributed by atoms with Gasteiger partial charge >= 0.3 is 0 Å². The summed E-state index contributed by atoms with van der Waals surface area (Å²) in [4.78, 5) is 0. The SMILES string of the molecule is COc1cccc([C@@H](N)[C@@H](O)C2CC2)c1.Cl. The molecular formula is C12H18ClNO2. The van der Waals surface area contributed by atoms with Crippen LogP contribution in [0.25, 0.3) is 0 Å². The first-order chi connectivity index (χ1) is 7.22. The Morgan fingerprint density at radius 3 is 2.69 bits per heavy atom. The number of aliphatic hydroxyl groups is 1. The summed E-state index contributed by atoms with van der Waals surface area (Å²) in [5.41, 5.74) is 6.94. The van der Waals surface area contributed by atoms with E-state index in [0.29, 0.717) is 5.92 Å². The van der Waals surface area contributed by atoms with Crippen molar-refractivity contribution in [3.63, 3.8) is 0 Å². The Morgan fingerprint density at radius 1 is 1.44 bits per heavy atom. The molecule has 0 saturated heterocycles. The highest BCUT2D eigenvalue weighted by molar-refractivity contribution is 5.85. The summed E-state index contributed by atoms with van der Waals surface area (Å²) in [6.07, 6.45) is 1.77. The van der Waals surface area contributed by atoms with Gasteiger partial charge in [-0.05, 0) is 36.5 Å². The molecule has 4 heteroatoms. The van der Waals surface area contributed by atoms with E-state index in [-0.39, 0.29) is 18.4 Å². The molecule has 0 radical (unpaired) electrons. The fraction of sp³-hybridized carbons (Fsp3) is 0.500. The van der Waals surface area contributed by atoms with Gasteiger partial charge in [0.2, 0.25) is 0 Å². The third-order valence-electron chi connectivity index (χ3n) is 2.95. The van der Waals surface area contributed by atoms with Crippen LogP contribution < -0.4 is 10.5 Å². The average Bonchev–Trinajstić information content (AvgIpc) is 3.11. The first kappa shape index (κ1) is 13.3. The Hall–Kier alpha value is -0.770. The van der Waals surface area contributed by atoms with E-state index in [9.17, 15) is 5.11 Å². The lowest BCUT2D eigenvalue weighted by molar-refractivity contribution is 0.122. The van der Waals surface area contributed by atoms with Gasteiger partial charge in [-0.15, -0.1) is 12.4 Å². The third-order valence-corrected chi connectivity index (χ3v) is 2.95. The first-order valence-electron chi connectivity index (χ1n) is 5.30. The standard InChI is InChI=1S/C12H17NO2.ClH/c1-15-10-4-2-3-9(7-10)11(13)12(14)8-5-6-8;/h2-4,7-8,11-12,14H,5-6,13H2,1H3;1H/t11-,12+;/m1./s1. The van der Waals surface area contributed by atoms with E-state index in [0.717, 1.165) is 24.2 Å². The van der Waals surface area contributed by atoms with Gasteiger partial charge in [-0.2, -0.15) is 0 Å². The molecule has 2 atom stereocenters. The lowest BCUT2D eigenvalue weighted by Crippen LogP contribution is -2.27. The molecule has 90 valence electrons. The molecule has 1 aliphatic carbocycles. The van der Waals surface area contributed by atoms with E-state index in [4.69, 9.17) is 10.5 Å². The van der Waals surface area contributed by atoms with Crippen LogP contribution in [0, 0.1) is 5.92 Å². The van der Waals surface area contributed by atoms with Crippen LogP contribution in [-0.2, 0) is 0 Å². The lowest BCUT2D eigenvalue weighted by Gasteiger charge is -2.19. The van der Waals surface area contributed by atoms with E-state index in [1.54, 1.807) is 7.11 Å². The highest BCUT2D eigenvalue weighted by Crippen LogP contribution is 2.37. The summed E-state index contributed by atoms with van der Waals surface area (Å²) in [5, 5.41) is 9.91. The number of ether oxygens (including phenoxy) is 1. The van der Waals surface area contributed by atoms with E-state index in [2.05, 4.69) is 0 Å². The zero-order valence-electron chi connectivity index (χ0n) is 9.30. The summed E-state index contributed by atoms with van der Waals surface area (Å²) < 4.78 is 5.12. The maximum atomic E-state index is 9.91. The number of benzene rings is 1. The van der Waals surface area contributed by atoms with Gasteiger partial charge in [-0.3, -0.25) is 0 Å². The van der Waals surface area contributed by atoms with Crippen LogP contribution in [0.1, 0.15) is 24.4 Å². The summed E-state index contributed by atoms with van der Waals surface area (Å²) in [6.45, 7) is 0. The molecule has 0 amide bonds. The van der Waals surface area contributed by atoms with Crippen molar-refractivity contribution in [3.05, 3.63) is 29.8 Å². The number of halogens is 1. The van der Waals surface area contributed by atoms with Crippen molar-refractivity contribution < 1.29 is 9.84 Å². The quantitative estimate of drug-likeness (QED) is 0.849. The fourth-order valence-electron chi connectivity index (χ4n) is 1.78. The number of nitrogens with two attached hydrogens (primary N) is 1. The number of rotatable bonds is 4. The predicted octanol–water partition coefficient (Wildman–Crippen LogP) is 1.89. The molecule has 0 heterocycles. The number of aliphatic hydroxyl groups excluding tert-OH is 1. The molecule has 16 heavy (non-hydrogen) atoms. The summed E-state index contributed by atoms with van der Waals surface area (Å²) >= 11 is 0. The maximum Gasteiger partial charge on any atom is 0.119 e. The predicted molar refractivity (Wildman–Crippen MR) is 65.9 cm³/mol. The van der Waals surface area contributed by atoms with Gasteiger partial charge in [-0.1, -0.05) is 12.1 Å². The molecule has 1 aliphatic rings. The van der Waals surface area contributed by atoms with E-state index < -0.39 is 6.10 Å². The molecule has 1 fully saturated rings. The van der Waals surface area contributed by atoms with Crippen molar-refractivity contribution in [2.24, 2.45) is 11.7 Å². The molecule has 0 aliphatic heterocycles. The Kier molecular flexibility index (Phi) is 4.59. The van der Waals surface area contributed by atoms with Crippen LogP contribution in [0.5, 0.6) is 5.75 Å². The second-order valence-electron chi connectivity index (χ2n) is 4.13. The summed E-state index contributed by atoms with van der Waals surface area (Å²) in [5.74, 6) is 1.18. The van der Waals surface area contributed by atoms with Gasteiger partial charge in [0, 0.05) is 0 Å². The molecular weight excluding hydrogens is 226 g/mol. The second-order valence-corrected chi connectivity index (χ2v) is 4.13. The van der Waals surface area contributed by atoms with Crippen molar-refractivity contribution in [1.82, 2.24) is 0 Å². The molecule has 0 aromatic heterocycles. The first-order valence-corrected chi connectivity index (χ1v) is 5.30. The molecule has 0 spiro atoms. The van der Waals surface area contributed by atoms with Gasteiger partial charge in [0.05, 0.1) is 19.3 Å². The number of hydrogen-bond donors (Lipinski definition) is 2. The van der Waals surface area contributed by atoms with Crippen LogP contribution in [0.15, 0.2) is 24.3 Å². The van der Waals surface area contributed by atoms with E-state index >= 15 is 0 Å². The van der Waals surface area contributed by atoms with Crippen molar-refractivity contribution in [2.45, 2.75) is 25.0 Å². The average molecular weight is 244 g/mol. The molecule has 0 unspecified atom stereocenters. The Bertz CT molecular complexity index is 342. The van der Waals surface area contributed by atoms with Crippen molar-refractivity contribution >= 4 is 12.4 Å². The van der Waals surface area contributed by atoms with Gasteiger partial charge < -0.3 is 15.6 Å². The minimum absolute atomic E-state index is 0. The zero-order valence-corrected chi connectivity index (χ0v) is 10.1. The minimum atomic E-state index is -0.419. The monoisotopic (exact) mass is 243 g/mol. The lowest BCUT2D eigenvalue weighted by atomic mass is 9.99. The van der Waals surface area contributed by atoms with Crippen molar-refractivity contribution in [3.8, 4) is 5.75 Å². The highest BCUT2D eigenvalue weighted by Gasteiger charge is 2.34. The number of hydrogen-bond acceptors (Lipinski definition) is 3. The highest BCUT2D eigenvalue weighted by atomic mass is 35.5. The van der Waals surface area contributed by atoms with Gasteiger partial charge in [-0.25, -0.2) is 0 Å². The second kappa shape index (κ2) is 5.53. The third kappa shape index (κ3) is 2.88. The van der Waals surface area contributed by atoms with Crippen molar-refractivity contribution in [1.29, 1.82) is 0 Å². The van der Waals surface area contributed by atoms with Gasteiger partial charge in [0.15, 0.2) is 0 Å². The van der Waals surface area contributed by atoms with Crippen LogP contribution in [0.4, 0.5) is 0 Å². The normalized spacial score (nSPS) is 18.4. The van der Waals surface area contributed by atoms with E-state index in [1.165, 1.54) is 0 Å². The Morgan fingerprint density at radius 2 is 2.12 bits per heavy atom. The molecule has 0 bridgehead atoms. The smallest absolute Gasteiger partial charge is 0.119 e. The molecule has 3 N–H and O–H groups in total. The van der Waals surface area contributed by atoms with E-state index in [1.807, 2.05) is 24.3 Å². The van der Waals surface area contributed by atoms with Crippen molar-refractivity contribution in [2.75, 3.05) is 7.11 Å². The maximum absolute atomic E-state index is 9.91. The van der Waals surface area contributed by atoms with Crippen LogP contribution in [0.2, 0.25) is 0 Å². The van der Waals surface area contributed by atoms with Crippen LogP contribution in [0.3, 0.4) is 0 Å². The Balaban J connectivity index is 0.00000128.